The second kappa shape index (κ2) is 4.99. The van der Waals surface area contributed by atoms with Crippen molar-refractivity contribution in [2.45, 2.75) is 26.8 Å². The minimum absolute atomic E-state index is 0.104. The SMILES string of the molecule is Cc1nc(C)c(C(C)Nc2cc(Cl)nc3ncnn23)s1. The second-order valence-electron chi connectivity index (χ2n) is 4.48. The molecule has 20 heavy (non-hydrogen) atoms. The molecule has 0 aliphatic carbocycles. The fraction of sp³-hybridized carbons (Fsp3) is 0.333. The quantitative estimate of drug-likeness (QED) is 0.753. The van der Waals surface area contributed by atoms with Crippen LogP contribution in [0.4, 0.5) is 5.82 Å². The summed E-state index contributed by atoms with van der Waals surface area (Å²) in [6.45, 7) is 6.10. The first-order valence-electron chi connectivity index (χ1n) is 6.11. The number of rotatable bonds is 3. The van der Waals surface area contributed by atoms with Crippen LogP contribution in [0.5, 0.6) is 0 Å². The van der Waals surface area contributed by atoms with Gasteiger partial charge in [-0.3, -0.25) is 0 Å². The van der Waals surface area contributed by atoms with E-state index in [1.54, 1.807) is 21.9 Å². The second-order valence-corrected chi connectivity index (χ2v) is 6.11. The fourth-order valence-electron chi connectivity index (χ4n) is 2.12. The lowest BCUT2D eigenvalue weighted by Gasteiger charge is -2.15. The summed E-state index contributed by atoms with van der Waals surface area (Å²) in [6, 6.07) is 1.84. The van der Waals surface area contributed by atoms with E-state index in [9.17, 15) is 0 Å². The van der Waals surface area contributed by atoms with Crippen molar-refractivity contribution in [1.29, 1.82) is 0 Å². The molecule has 0 saturated carbocycles. The Bertz CT molecular complexity index is 764. The first-order chi connectivity index (χ1) is 9.54. The van der Waals surface area contributed by atoms with Crippen molar-refractivity contribution in [3.05, 3.63) is 33.1 Å². The Morgan fingerprint density at radius 2 is 2.15 bits per heavy atom. The van der Waals surface area contributed by atoms with Gasteiger partial charge in [-0.15, -0.1) is 11.3 Å². The van der Waals surface area contributed by atoms with Gasteiger partial charge in [-0.05, 0) is 20.8 Å². The number of nitrogens with zero attached hydrogens (tertiary/aromatic N) is 5. The van der Waals surface area contributed by atoms with Gasteiger partial charge in [0.15, 0.2) is 0 Å². The average Bonchev–Trinajstić information content (AvgIpc) is 2.95. The van der Waals surface area contributed by atoms with Gasteiger partial charge in [0.1, 0.15) is 17.3 Å². The molecule has 6 nitrogen and oxygen atoms in total. The summed E-state index contributed by atoms with van der Waals surface area (Å²) in [4.78, 5) is 13.8. The molecule has 1 atom stereocenters. The number of nitrogens with one attached hydrogen (secondary N) is 1. The molecule has 0 fully saturated rings. The molecule has 0 amide bonds. The minimum Gasteiger partial charge on any atom is -0.362 e. The summed E-state index contributed by atoms with van der Waals surface area (Å²) in [5, 5.41) is 8.98. The van der Waals surface area contributed by atoms with Crippen molar-refractivity contribution in [3.63, 3.8) is 0 Å². The average molecular weight is 309 g/mol. The number of halogens is 1. The van der Waals surface area contributed by atoms with E-state index in [2.05, 4.69) is 32.3 Å². The molecule has 0 saturated heterocycles. The number of hydrogen-bond donors (Lipinski definition) is 1. The zero-order valence-electron chi connectivity index (χ0n) is 11.3. The molecule has 0 aliphatic rings. The predicted molar refractivity (Wildman–Crippen MR) is 79.4 cm³/mol. The molecule has 3 aromatic heterocycles. The highest BCUT2D eigenvalue weighted by Crippen LogP contribution is 2.28. The van der Waals surface area contributed by atoms with Crippen molar-refractivity contribution in [2.24, 2.45) is 0 Å². The molecule has 104 valence electrons. The molecule has 0 spiro atoms. The van der Waals surface area contributed by atoms with Crippen molar-refractivity contribution >= 4 is 34.5 Å². The van der Waals surface area contributed by atoms with Crippen molar-refractivity contribution in [2.75, 3.05) is 5.32 Å². The number of aromatic nitrogens is 5. The summed E-state index contributed by atoms with van der Waals surface area (Å²) in [7, 11) is 0. The third-order valence-corrected chi connectivity index (χ3v) is 4.37. The summed E-state index contributed by atoms with van der Waals surface area (Å²) >= 11 is 7.69. The van der Waals surface area contributed by atoms with Crippen LogP contribution >= 0.6 is 22.9 Å². The van der Waals surface area contributed by atoms with E-state index < -0.39 is 0 Å². The standard InChI is InChI=1S/C12H13ClN6S/c1-6-11(20-8(3)16-6)7(2)17-10-4-9(13)18-12-14-5-15-19(10)12/h4-5,7,17H,1-3H3. The highest BCUT2D eigenvalue weighted by Gasteiger charge is 2.15. The highest BCUT2D eigenvalue weighted by molar-refractivity contribution is 7.11. The van der Waals surface area contributed by atoms with Crippen LogP contribution in [0.25, 0.3) is 5.78 Å². The number of hydrogen-bond acceptors (Lipinski definition) is 6. The Balaban J connectivity index is 1.96. The van der Waals surface area contributed by atoms with Crippen molar-refractivity contribution in [3.8, 4) is 0 Å². The lowest BCUT2D eigenvalue weighted by Crippen LogP contribution is -2.10. The van der Waals surface area contributed by atoms with Crippen LogP contribution in [-0.2, 0) is 0 Å². The fourth-order valence-corrected chi connectivity index (χ4v) is 3.23. The number of aryl methyl sites for hydroxylation is 2. The van der Waals surface area contributed by atoms with Gasteiger partial charge in [0, 0.05) is 10.9 Å². The first kappa shape index (κ1) is 13.3. The van der Waals surface area contributed by atoms with Gasteiger partial charge in [-0.25, -0.2) is 4.98 Å². The maximum Gasteiger partial charge on any atom is 0.255 e. The number of thiazole rings is 1. The van der Waals surface area contributed by atoms with Crippen LogP contribution in [0.2, 0.25) is 5.15 Å². The molecule has 1 N–H and O–H groups in total. The molecule has 0 aromatic carbocycles. The Hall–Kier alpha value is -1.73. The van der Waals surface area contributed by atoms with Crippen LogP contribution in [0, 0.1) is 13.8 Å². The molecule has 8 heteroatoms. The first-order valence-corrected chi connectivity index (χ1v) is 7.31. The molecule has 3 aromatic rings. The molecule has 0 aliphatic heterocycles. The van der Waals surface area contributed by atoms with Gasteiger partial charge in [0.25, 0.3) is 5.78 Å². The van der Waals surface area contributed by atoms with E-state index in [1.807, 2.05) is 13.8 Å². The Labute approximate surface area is 124 Å². The number of anilines is 1. The van der Waals surface area contributed by atoms with Crippen molar-refractivity contribution < 1.29 is 0 Å². The van der Waals surface area contributed by atoms with E-state index in [4.69, 9.17) is 11.6 Å². The minimum atomic E-state index is 0.104. The van der Waals surface area contributed by atoms with Crippen LogP contribution < -0.4 is 5.32 Å². The van der Waals surface area contributed by atoms with Crippen LogP contribution in [0.15, 0.2) is 12.4 Å². The smallest absolute Gasteiger partial charge is 0.255 e. The molecule has 0 bridgehead atoms. The van der Waals surface area contributed by atoms with Crippen molar-refractivity contribution in [1.82, 2.24) is 24.6 Å². The van der Waals surface area contributed by atoms with Gasteiger partial charge in [-0.2, -0.15) is 19.6 Å². The highest BCUT2D eigenvalue weighted by atomic mass is 35.5. The lowest BCUT2D eigenvalue weighted by molar-refractivity contribution is 0.845. The van der Waals surface area contributed by atoms with Gasteiger partial charge < -0.3 is 5.32 Å². The molecule has 1 unspecified atom stereocenters. The summed E-state index contributed by atoms with van der Waals surface area (Å²) < 4.78 is 1.63. The van der Waals surface area contributed by atoms with E-state index in [0.29, 0.717) is 10.9 Å². The van der Waals surface area contributed by atoms with E-state index in [0.717, 1.165) is 16.5 Å². The maximum absolute atomic E-state index is 6.00. The normalized spacial score (nSPS) is 12.8. The molecule has 3 rings (SSSR count). The van der Waals surface area contributed by atoms with Crippen LogP contribution in [-0.4, -0.2) is 24.6 Å². The van der Waals surface area contributed by atoms with Gasteiger partial charge in [0.05, 0.1) is 16.7 Å². The zero-order valence-corrected chi connectivity index (χ0v) is 12.8. The van der Waals surface area contributed by atoms with E-state index >= 15 is 0 Å². The summed E-state index contributed by atoms with van der Waals surface area (Å²) in [6.07, 6.45) is 1.45. The maximum atomic E-state index is 6.00. The van der Waals surface area contributed by atoms with Gasteiger partial charge in [0.2, 0.25) is 0 Å². The van der Waals surface area contributed by atoms with Gasteiger partial charge >= 0.3 is 0 Å². The Morgan fingerprint density at radius 1 is 1.35 bits per heavy atom. The monoisotopic (exact) mass is 308 g/mol. The number of fused-ring (bicyclic) bond motifs is 1. The largest absolute Gasteiger partial charge is 0.362 e. The summed E-state index contributed by atoms with van der Waals surface area (Å²) in [5.74, 6) is 1.24. The van der Waals surface area contributed by atoms with Crippen LogP contribution in [0.3, 0.4) is 0 Å². The third kappa shape index (κ3) is 2.34. The Morgan fingerprint density at radius 3 is 2.85 bits per heavy atom. The van der Waals surface area contributed by atoms with E-state index in [-0.39, 0.29) is 6.04 Å². The van der Waals surface area contributed by atoms with Gasteiger partial charge in [-0.1, -0.05) is 11.6 Å². The third-order valence-electron chi connectivity index (χ3n) is 2.92. The molecule has 3 heterocycles. The molecular weight excluding hydrogens is 296 g/mol. The zero-order chi connectivity index (χ0) is 14.3. The topological polar surface area (TPSA) is 68.0 Å². The Kier molecular flexibility index (Phi) is 3.31. The van der Waals surface area contributed by atoms with Crippen LogP contribution in [0.1, 0.15) is 28.5 Å². The predicted octanol–water partition coefficient (Wildman–Crippen LogP) is 3.02. The lowest BCUT2D eigenvalue weighted by atomic mass is 10.2. The molecular formula is C12H13ClN6S. The van der Waals surface area contributed by atoms with E-state index in [1.165, 1.54) is 11.2 Å². The summed E-state index contributed by atoms with van der Waals surface area (Å²) in [5.41, 5.74) is 1.04. The molecule has 0 radical (unpaired) electrons.